The molecule has 1 unspecified atom stereocenters. The van der Waals surface area contributed by atoms with Gasteiger partial charge in [0.25, 0.3) is 0 Å². The average molecular weight is 192 g/mol. The number of nitrogens with zero attached hydrogens (tertiary/aromatic N) is 1. The van der Waals surface area contributed by atoms with Crippen molar-refractivity contribution in [2.24, 2.45) is 16.6 Å². The molecule has 72 valence electrons. The molecule has 0 saturated carbocycles. The summed E-state index contributed by atoms with van der Waals surface area (Å²) in [6, 6.07) is 0. The number of hydrazine groups is 1. The van der Waals surface area contributed by atoms with E-state index in [2.05, 4.69) is 10.4 Å². The Balaban J connectivity index is 3.89. The zero-order chi connectivity index (χ0) is 9.61. The molecule has 0 aromatic heterocycles. The summed E-state index contributed by atoms with van der Waals surface area (Å²) in [5.74, 6) is 5.74. The lowest BCUT2D eigenvalue weighted by Gasteiger charge is -2.19. The molecule has 0 fully saturated rings. The Morgan fingerprint density at radius 1 is 1.75 bits per heavy atom. The molecule has 0 saturated heterocycles. The van der Waals surface area contributed by atoms with Gasteiger partial charge in [-0.3, -0.25) is 5.43 Å². The monoisotopic (exact) mass is 192 g/mol. The molecule has 0 radical (unpaired) electrons. The van der Waals surface area contributed by atoms with Gasteiger partial charge >= 0.3 is 0 Å². The minimum Gasteiger partial charge on any atom is -0.387 e. The van der Waals surface area contributed by atoms with E-state index in [0.717, 1.165) is 0 Å². The van der Waals surface area contributed by atoms with Crippen molar-refractivity contribution in [1.29, 1.82) is 0 Å². The SMILES string of the molecule is CSCC(C)(O)CN=C(N)NN. The number of nitrogens with two attached hydrogens (primary N) is 2. The number of thioether (sulfide) groups is 1. The molecular weight excluding hydrogens is 176 g/mol. The molecule has 0 aliphatic rings. The first-order valence-corrected chi connectivity index (χ1v) is 4.89. The molecule has 0 aromatic carbocycles. The summed E-state index contributed by atoms with van der Waals surface area (Å²) in [5, 5.41) is 9.61. The predicted octanol–water partition coefficient (Wildman–Crippen LogP) is -1.12. The van der Waals surface area contributed by atoms with Crippen LogP contribution in [0.1, 0.15) is 6.92 Å². The largest absolute Gasteiger partial charge is 0.387 e. The maximum atomic E-state index is 9.61. The molecule has 0 spiro atoms. The van der Waals surface area contributed by atoms with Gasteiger partial charge in [0.2, 0.25) is 5.96 Å². The van der Waals surface area contributed by atoms with Crippen molar-refractivity contribution in [2.45, 2.75) is 12.5 Å². The summed E-state index contributed by atoms with van der Waals surface area (Å²) in [7, 11) is 0. The molecule has 0 amide bonds. The average Bonchev–Trinajstić information content (AvgIpc) is 2.00. The molecule has 1 atom stereocenters. The van der Waals surface area contributed by atoms with Crippen LogP contribution in [0.15, 0.2) is 4.99 Å². The quantitative estimate of drug-likeness (QED) is 0.196. The number of aliphatic imine (C=N–C) groups is 1. The fraction of sp³-hybridized carbons (Fsp3) is 0.833. The topological polar surface area (TPSA) is 96.7 Å². The van der Waals surface area contributed by atoms with Gasteiger partial charge in [0.15, 0.2) is 0 Å². The van der Waals surface area contributed by atoms with Gasteiger partial charge in [0.05, 0.1) is 12.1 Å². The molecule has 0 aliphatic carbocycles. The Kier molecular flexibility index (Phi) is 5.03. The second kappa shape index (κ2) is 5.23. The summed E-state index contributed by atoms with van der Waals surface area (Å²) < 4.78 is 0. The number of hydrogen-bond acceptors (Lipinski definition) is 4. The number of hydrogen-bond donors (Lipinski definition) is 4. The molecule has 5 nitrogen and oxygen atoms in total. The molecule has 6 N–H and O–H groups in total. The van der Waals surface area contributed by atoms with E-state index in [4.69, 9.17) is 11.6 Å². The maximum absolute atomic E-state index is 9.61. The number of aliphatic hydroxyl groups is 1. The molecule has 0 bridgehead atoms. The highest BCUT2D eigenvalue weighted by Gasteiger charge is 2.18. The van der Waals surface area contributed by atoms with E-state index >= 15 is 0 Å². The van der Waals surface area contributed by atoms with E-state index in [1.54, 1.807) is 18.7 Å². The van der Waals surface area contributed by atoms with Gasteiger partial charge in [0.1, 0.15) is 0 Å². The second-order valence-electron chi connectivity index (χ2n) is 2.78. The summed E-state index contributed by atoms with van der Waals surface area (Å²) >= 11 is 1.56. The first kappa shape index (κ1) is 11.5. The van der Waals surface area contributed by atoms with E-state index < -0.39 is 5.60 Å². The van der Waals surface area contributed by atoms with Crippen LogP contribution in [0.25, 0.3) is 0 Å². The van der Waals surface area contributed by atoms with Gasteiger partial charge in [-0.25, -0.2) is 10.8 Å². The third-order valence-corrected chi connectivity index (χ3v) is 2.10. The second-order valence-corrected chi connectivity index (χ2v) is 3.64. The molecule has 0 rings (SSSR count). The molecule has 12 heavy (non-hydrogen) atoms. The minimum absolute atomic E-state index is 0.136. The first-order valence-electron chi connectivity index (χ1n) is 3.49. The smallest absolute Gasteiger partial charge is 0.203 e. The van der Waals surface area contributed by atoms with Crippen molar-refractivity contribution in [3.63, 3.8) is 0 Å². The third kappa shape index (κ3) is 5.22. The lowest BCUT2D eigenvalue weighted by molar-refractivity contribution is 0.0955. The van der Waals surface area contributed by atoms with E-state index in [0.29, 0.717) is 5.75 Å². The maximum Gasteiger partial charge on any atom is 0.203 e. The van der Waals surface area contributed by atoms with Crippen molar-refractivity contribution in [1.82, 2.24) is 5.43 Å². The van der Waals surface area contributed by atoms with Crippen molar-refractivity contribution in [2.75, 3.05) is 18.6 Å². The van der Waals surface area contributed by atoms with Gasteiger partial charge < -0.3 is 10.8 Å². The predicted molar refractivity (Wildman–Crippen MR) is 52.8 cm³/mol. The van der Waals surface area contributed by atoms with Crippen LogP contribution < -0.4 is 17.0 Å². The van der Waals surface area contributed by atoms with Gasteiger partial charge in [-0.2, -0.15) is 11.8 Å². The molecule has 6 heteroatoms. The Morgan fingerprint density at radius 2 is 2.33 bits per heavy atom. The zero-order valence-electron chi connectivity index (χ0n) is 7.37. The van der Waals surface area contributed by atoms with Crippen LogP contribution in [0.3, 0.4) is 0 Å². The van der Waals surface area contributed by atoms with Crippen LogP contribution in [-0.4, -0.2) is 35.2 Å². The van der Waals surface area contributed by atoms with Crippen molar-refractivity contribution < 1.29 is 5.11 Å². The van der Waals surface area contributed by atoms with Gasteiger partial charge in [-0.1, -0.05) is 0 Å². The molecule has 0 heterocycles. The Morgan fingerprint density at radius 3 is 2.75 bits per heavy atom. The van der Waals surface area contributed by atoms with Crippen LogP contribution in [0.2, 0.25) is 0 Å². The number of nitrogens with one attached hydrogen (secondary N) is 1. The third-order valence-electron chi connectivity index (χ3n) is 1.19. The fourth-order valence-electron chi connectivity index (χ4n) is 0.658. The molecule has 0 aliphatic heterocycles. The van der Waals surface area contributed by atoms with E-state index in [-0.39, 0.29) is 12.5 Å². The van der Waals surface area contributed by atoms with Crippen molar-refractivity contribution >= 4 is 17.7 Å². The lowest BCUT2D eigenvalue weighted by atomic mass is 10.1. The lowest BCUT2D eigenvalue weighted by Crippen LogP contribution is -2.39. The van der Waals surface area contributed by atoms with Crippen LogP contribution in [0.5, 0.6) is 0 Å². The normalized spacial score (nSPS) is 17.2. The van der Waals surface area contributed by atoms with Gasteiger partial charge in [-0.15, -0.1) is 0 Å². The summed E-state index contributed by atoms with van der Waals surface area (Å²) in [5.41, 5.74) is 6.64. The highest BCUT2D eigenvalue weighted by Crippen LogP contribution is 2.10. The summed E-state index contributed by atoms with van der Waals surface area (Å²) in [4.78, 5) is 3.83. The van der Waals surface area contributed by atoms with Crippen LogP contribution in [-0.2, 0) is 0 Å². The standard InChI is InChI=1S/C6H16N4OS/c1-6(11,4-12-2)3-9-5(7)10-8/h11H,3-4,8H2,1-2H3,(H3,7,9,10). The molecule has 0 aromatic rings. The fourth-order valence-corrected chi connectivity index (χ4v) is 1.37. The van der Waals surface area contributed by atoms with Gasteiger partial charge in [0, 0.05) is 5.75 Å². The Hall–Kier alpha value is -0.460. The van der Waals surface area contributed by atoms with Crippen molar-refractivity contribution in [3.8, 4) is 0 Å². The van der Waals surface area contributed by atoms with Crippen LogP contribution in [0, 0.1) is 0 Å². The number of guanidine groups is 1. The highest BCUT2D eigenvalue weighted by atomic mass is 32.2. The number of rotatable bonds is 4. The van der Waals surface area contributed by atoms with Gasteiger partial charge in [-0.05, 0) is 13.2 Å². The molecular formula is C6H16N4OS. The van der Waals surface area contributed by atoms with Crippen molar-refractivity contribution in [3.05, 3.63) is 0 Å². The Labute approximate surface area is 76.6 Å². The van der Waals surface area contributed by atoms with E-state index in [1.807, 2.05) is 6.26 Å². The summed E-state index contributed by atoms with van der Waals surface area (Å²) in [6.45, 7) is 1.96. The Bertz CT molecular complexity index is 160. The van der Waals surface area contributed by atoms with Crippen LogP contribution in [0.4, 0.5) is 0 Å². The zero-order valence-corrected chi connectivity index (χ0v) is 8.19. The van der Waals surface area contributed by atoms with E-state index in [1.165, 1.54) is 0 Å². The van der Waals surface area contributed by atoms with E-state index in [9.17, 15) is 5.11 Å². The first-order chi connectivity index (χ1) is 5.52. The van der Waals surface area contributed by atoms with Crippen LogP contribution >= 0.6 is 11.8 Å². The highest BCUT2D eigenvalue weighted by molar-refractivity contribution is 7.98. The summed E-state index contributed by atoms with van der Waals surface area (Å²) in [6.07, 6.45) is 1.92. The minimum atomic E-state index is -0.819.